The van der Waals surface area contributed by atoms with Gasteiger partial charge in [-0.1, -0.05) is 612 Å². The van der Waals surface area contributed by atoms with E-state index in [0.29, 0.717) is 0 Å². The molecule has 2 aromatic carbocycles. The molecule has 1 aliphatic rings. The molecule has 1 heterocycles. The fourth-order valence-electron chi connectivity index (χ4n) is 19.8. The maximum atomic E-state index is 13.4. The van der Waals surface area contributed by atoms with Gasteiger partial charge in [0.1, 0.15) is 5.57 Å². The Bertz CT molecular complexity index is 2670. The van der Waals surface area contributed by atoms with Crippen LogP contribution in [0.15, 0.2) is 47.5 Å². The Morgan fingerprint density at radius 3 is 0.570 bits per heavy atom. The summed E-state index contributed by atoms with van der Waals surface area (Å²) in [6.45, 7) is 26.2. The van der Waals surface area contributed by atoms with Gasteiger partial charge in [-0.25, -0.2) is 4.70 Å². The number of benzene rings is 2. The molecule has 0 saturated heterocycles. The van der Waals surface area contributed by atoms with Crippen LogP contribution in [-0.2, 0) is 42.2 Å². The number of hydrogen-bond donors (Lipinski definition) is 0. The zero-order valence-corrected chi connectivity index (χ0v) is 89.7. The number of unbranched alkanes of at least 4 members (excludes halogenated alkanes) is 84. The molecule has 0 fully saturated rings. The summed E-state index contributed by atoms with van der Waals surface area (Å²) in [6, 6.07) is 15.1. The van der Waals surface area contributed by atoms with E-state index in [4.69, 9.17) is 0 Å². The minimum atomic E-state index is 0. The molecular weight excluding hydrogens is 1590 g/mol. The first-order valence-corrected chi connectivity index (χ1v) is 59.1. The van der Waals surface area contributed by atoms with Gasteiger partial charge in [0.25, 0.3) is 0 Å². The van der Waals surface area contributed by atoms with E-state index >= 15 is 0 Å². The summed E-state index contributed by atoms with van der Waals surface area (Å²) in [7, 11) is 0. The Morgan fingerprint density at radius 2 is 0.367 bits per heavy atom. The van der Waals surface area contributed by atoms with Crippen LogP contribution in [0.3, 0.4) is 0 Å². The maximum Gasteiger partial charge on any atom is 2.00 e. The second-order valence-corrected chi connectivity index (χ2v) is 41.1. The van der Waals surface area contributed by atoms with Gasteiger partial charge in [0.15, 0.2) is 0 Å². The van der Waals surface area contributed by atoms with Crippen LogP contribution in [0, 0.1) is 25.7 Å². The van der Waals surface area contributed by atoms with Crippen LogP contribution in [0.25, 0.3) is 16.9 Å². The Morgan fingerprint density at radius 1 is 0.203 bits per heavy atom. The van der Waals surface area contributed by atoms with Gasteiger partial charge < -0.3 is 19.4 Å². The summed E-state index contributed by atoms with van der Waals surface area (Å²) in [5, 5.41) is 0. The summed E-state index contributed by atoms with van der Waals surface area (Å²) in [4.78, 5) is 0. The molecule has 0 N–H and O–H groups in total. The second kappa shape index (κ2) is 103. The number of rotatable bonds is 96. The first kappa shape index (κ1) is 126. The van der Waals surface area contributed by atoms with Crippen LogP contribution >= 0.6 is 0 Å². The first-order chi connectivity index (χ1) is 62.8. The van der Waals surface area contributed by atoms with Crippen molar-refractivity contribution in [1.29, 1.82) is 0 Å². The maximum absolute atomic E-state index is 13.4. The monoisotopic (exact) mass is 1820 g/mol. The molecule has 0 aromatic heterocycles. The standard InChI is InChI=1S/C99H174N2.2C13H27.Ni/c1-7-13-19-24-29-32-35-37-39-41-43-45-47-49-51-53-55-57-59-61-64-69-75-80-92-84-90(78-73-67-27-22-16-10-4)86-94(87-92)98-96(82-72-18-12-6)97(83-77-71-66-63-34-31-26-21-15-9-3)99(101(98)100)95-88-91(79-74-68-28-23-17-11-5)85-93(89-95)81-76-70-65-62-60-58-56-54-52-50-48-46-44-42-40-38-36-33-30-25-20-14-8-2;2*1-3-5-7-9-11-13-12-10-8-6-4-2;/h84-89H,7-76,78-82H2,1-6H3;2*1,3-13H2,2H3;/q;2*-1;+2. The molecule has 0 bridgehead atoms. The molecule has 0 aliphatic carbocycles. The van der Waals surface area contributed by atoms with Gasteiger partial charge in [0, 0.05) is 23.1 Å². The van der Waals surface area contributed by atoms with Gasteiger partial charge in [0.2, 0.25) is 11.4 Å². The van der Waals surface area contributed by atoms with Crippen molar-refractivity contribution < 1.29 is 21.2 Å². The van der Waals surface area contributed by atoms with Crippen LogP contribution in [0.5, 0.6) is 0 Å². The molecule has 0 radical (unpaired) electrons. The molecule has 3 heteroatoms. The van der Waals surface area contributed by atoms with E-state index < -0.39 is 0 Å². The van der Waals surface area contributed by atoms with Crippen LogP contribution in [-0.4, -0.2) is 4.70 Å². The van der Waals surface area contributed by atoms with Gasteiger partial charge in [-0.2, -0.15) is 12.8 Å². The van der Waals surface area contributed by atoms with Gasteiger partial charge in [-0.05, 0) is 117 Å². The van der Waals surface area contributed by atoms with Gasteiger partial charge in [-0.15, -0.1) is 0 Å². The molecule has 0 spiro atoms. The number of nitrogens with zero attached hydrogens (tertiary/aromatic N) is 2. The van der Waals surface area contributed by atoms with Gasteiger partial charge >= 0.3 is 16.5 Å². The van der Waals surface area contributed by atoms with Crippen LogP contribution in [0.2, 0.25) is 0 Å². The van der Waals surface area contributed by atoms with E-state index in [1.165, 1.54) is 598 Å². The van der Waals surface area contributed by atoms with Crippen molar-refractivity contribution >= 4 is 11.4 Å². The van der Waals surface area contributed by atoms with Crippen molar-refractivity contribution in [2.24, 2.45) is 0 Å². The number of allylic oxidation sites excluding steroid dienone is 2. The fourth-order valence-corrected chi connectivity index (χ4v) is 19.8. The first-order valence-electron chi connectivity index (χ1n) is 59.1. The van der Waals surface area contributed by atoms with Crippen molar-refractivity contribution in [2.75, 3.05) is 0 Å². The van der Waals surface area contributed by atoms with E-state index in [1.54, 1.807) is 4.70 Å². The largest absolute Gasteiger partial charge is 2.00 e. The Balaban J connectivity index is 0.00000511. The molecule has 0 amide bonds. The van der Waals surface area contributed by atoms with Crippen molar-refractivity contribution in [3.63, 3.8) is 0 Å². The van der Waals surface area contributed by atoms with Crippen LogP contribution in [0.4, 0.5) is 0 Å². The minimum Gasteiger partial charge on any atom is -0.493 e. The van der Waals surface area contributed by atoms with Crippen LogP contribution in [0.1, 0.15) is 686 Å². The normalized spacial score (nSPS) is 12.0. The van der Waals surface area contributed by atoms with E-state index in [2.05, 4.69) is 117 Å². The Hall–Kier alpha value is -2.43. The molecule has 748 valence electrons. The van der Waals surface area contributed by atoms with Crippen molar-refractivity contribution in [3.05, 3.63) is 100 Å². The van der Waals surface area contributed by atoms with E-state index in [9.17, 15) is 5.53 Å². The third-order valence-electron chi connectivity index (χ3n) is 28.3. The zero-order chi connectivity index (χ0) is 91.6. The van der Waals surface area contributed by atoms with Gasteiger partial charge in [0.05, 0.1) is 0 Å². The third kappa shape index (κ3) is 79.8. The van der Waals surface area contributed by atoms with E-state index in [0.717, 1.165) is 81.2 Å². The van der Waals surface area contributed by atoms with Gasteiger partial charge in [-0.3, -0.25) is 0 Å². The Kier molecular flexibility index (Phi) is 102. The third-order valence-corrected chi connectivity index (χ3v) is 28.3. The average Bonchev–Trinajstić information content (AvgIpc) is 1.60. The van der Waals surface area contributed by atoms with Crippen molar-refractivity contribution in [2.45, 2.75) is 678 Å². The molecule has 0 atom stereocenters. The quantitative estimate of drug-likeness (QED) is 0.0207. The second-order valence-electron chi connectivity index (χ2n) is 41.1. The summed E-state index contributed by atoms with van der Waals surface area (Å²) >= 11 is 0. The predicted molar refractivity (Wildman–Crippen MR) is 578 cm³/mol. The summed E-state index contributed by atoms with van der Waals surface area (Å²) < 4.78 is 1.70. The average molecular weight is 1820 g/mol. The molecule has 0 saturated carbocycles. The smallest absolute Gasteiger partial charge is 0.493 e. The van der Waals surface area contributed by atoms with E-state index in [1.807, 2.05) is 0 Å². The fraction of sp³-hybridized carbons (Fsp3) is 0.840. The molecular formula is C125H228N2Ni. The summed E-state index contributed by atoms with van der Waals surface area (Å²) in [5.41, 5.74) is 26.0. The zero-order valence-electron chi connectivity index (χ0n) is 88.7. The molecule has 128 heavy (non-hydrogen) atoms. The number of aryl methyl sites for hydroxylation is 4. The van der Waals surface area contributed by atoms with E-state index in [-0.39, 0.29) is 16.5 Å². The minimum absolute atomic E-state index is 0. The summed E-state index contributed by atoms with van der Waals surface area (Å²) in [6.07, 6.45) is 132. The number of hydrogen-bond acceptors (Lipinski definition) is 0. The van der Waals surface area contributed by atoms with Crippen LogP contribution < -0.4 is 0 Å². The summed E-state index contributed by atoms with van der Waals surface area (Å²) in [5.74, 6) is 7.74. The van der Waals surface area contributed by atoms with Crippen molar-refractivity contribution in [3.8, 4) is 11.8 Å². The predicted octanol–water partition coefficient (Wildman–Crippen LogP) is 45.1. The molecule has 3 rings (SSSR count). The Labute approximate surface area is 817 Å². The topological polar surface area (TPSA) is 25.3 Å². The molecule has 1 aliphatic heterocycles. The molecule has 2 aromatic rings. The van der Waals surface area contributed by atoms with Crippen molar-refractivity contribution in [1.82, 2.24) is 0 Å². The SMILES string of the molecule is CCCCCCCCCCC#CC1=C(c2cc(CCCCCCCC)cc(CCCCCCCCCCCCCCCCCCCCCCCCC)c2)[N+](=[N-])C(c2cc(CCCCCCCC)cc(CCCCCCCCCCCCCCCCCCCCCCCCC)c2)=C1CCCCC.[CH2-]CCCCCCCCCCCC.[CH2-]CCCCCCCCCCCC.[Ni+2]. The molecule has 0 unspecified atom stereocenters. The molecule has 2 nitrogen and oxygen atoms in total.